The van der Waals surface area contributed by atoms with Crippen molar-refractivity contribution in [2.75, 3.05) is 38.3 Å². The van der Waals surface area contributed by atoms with Gasteiger partial charge in [-0.2, -0.15) is 0 Å². The van der Waals surface area contributed by atoms with Crippen LogP contribution >= 0.6 is 0 Å². The highest BCUT2D eigenvalue weighted by Crippen LogP contribution is 1.94. The molecular formula is C8H18N2O4S. The average Bonchev–Trinajstić information content (AvgIpc) is 2.14. The van der Waals surface area contributed by atoms with E-state index in [1.165, 1.54) is 7.11 Å². The van der Waals surface area contributed by atoms with E-state index < -0.39 is 21.5 Å². The lowest BCUT2D eigenvalue weighted by Gasteiger charge is -2.04. The van der Waals surface area contributed by atoms with E-state index in [2.05, 4.69) is 5.32 Å². The Kier molecular flexibility index (Phi) is 7.27. The predicted octanol–water partition coefficient (Wildman–Crippen LogP) is -1.49. The van der Waals surface area contributed by atoms with Gasteiger partial charge in [-0.3, -0.25) is 4.79 Å². The summed E-state index contributed by atoms with van der Waals surface area (Å²) in [5, 5.41) is 2.40. The minimum atomic E-state index is -3.32. The molecule has 0 unspecified atom stereocenters. The first-order valence-corrected chi connectivity index (χ1v) is 6.50. The minimum absolute atomic E-state index is 0.0309. The van der Waals surface area contributed by atoms with Crippen molar-refractivity contribution in [1.29, 1.82) is 0 Å². The number of methoxy groups -OCH3 is 1. The number of rotatable bonds is 8. The average molecular weight is 238 g/mol. The number of nitrogens with one attached hydrogen (secondary N) is 1. The molecule has 3 N–H and O–H groups in total. The first-order chi connectivity index (χ1) is 7.02. The van der Waals surface area contributed by atoms with Crippen molar-refractivity contribution in [2.24, 2.45) is 5.73 Å². The molecule has 7 heteroatoms. The molecule has 0 spiro atoms. The van der Waals surface area contributed by atoms with Crippen LogP contribution in [0.2, 0.25) is 0 Å². The summed E-state index contributed by atoms with van der Waals surface area (Å²) in [5.74, 6) is -1.01. The highest BCUT2D eigenvalue weighted by molar-refractivity contribution is 7.92. The summed E-state index contributed by atoms with van der Waals surface area (Å²) in [6.45, 7) is 0.978. The molecule has 0 aliphatic carbocycles. The van der Waals surface area contributed by atoms with E-state index in [1.54, 1.807) is 0 Å². The number of hydrogen-bond acceptors (Lipinski definition) is 5. The molecule has 0 aromatic heterocycles. The van der Waals surface area contributed by atoms with Crippen LogP contribution in [0.15, 0.2) is 0 Å². The van der Waals surface area contributed by atoms with E-state index in [1.807, 2.05) is 0 Å². The molecule has 0 rings (SSSR count). The van der Waals surface area contributed by atoms with Crippen molar-refractivity contribution in [3.05, 3.63) is 0 Å². The van der Waals surface area contributed by atoms with Gasteiger partial charge in [0.1, 0.15) is 5.75 Å². The van der Waals surface area contributed by atoms with Gasteiger partial charge in [0.25, 0.3) is 0 Å². The Morgan fingerprint density at radius 2 is 2.13 bits per heavy atom. The molecule has 0 saturated carbocycles. The van der Waals surface area contributed by atoms with E-state index in [0.29, 0.717) is 26.1 Å². The Balaban J connectivity index is 3.86. The van der Waals surface area contributed by atoms with Gasteiger partial charge in [-0.05, 0) is 6.42 Å². The molecule has 15 heavy (non-hydrogen) atoms. The normalized spacial score (nSPS) is 11.3. The smallest absolute Gasteiger partial charge is 0.235 e. The molecule has 0 saturated heterocycles. The van der Waals surface area contributed by atoms with Crippen molar-refractivity contribution < 1.29 is 17.9 Å². The summed E-state index contributed by atoms with van der Waals surface area (Å²) < 4.78 is 27.4. The topological polar surface area (TPSA) is 98.5 Å². The van der Waals surface area contributed by atoms with Crippen molar-refractivity contribution in [3.8, 4) is 0 Å². The lowest BCUT2D eigenvalue weighted by Crippen LogP contribution is -2.34. The van der Waals surface area contributed by atoms with E-state index in [0.717, 1.165) is 0 Å². The van der Waals surface area contributed by atoms with Crippen LogP contribution in [-0.2, 0) is 19.4 Å². The highest BCUT2D eigenvalue weighted by atomic mass is 32.2. The predicted molar refractivity (Wildman–Crippen MR) is 57.2 cm³/mol. The van der Waals surface area contributed by atoms with Crippen LogP contribution in [0, 0.1) is 0 Å². The number of sulfone groups is 1. The van der Waals surface area contributed by atoms with Crippen LogP contribution in [0.3, 0.4) is 0 Å². The maximum absolute atomic E-state index is 11.3. The maximum Gasteiger partial charge on any atom is 0.235 e. The van der Waals surface area contributed by atoms with Gasteiger partial charge in [-0.1, -0.05) is 0 Å². The number of ether oxygens (including phenoxy) is 1. The highest BCUT2D eigenvalue weighted by Gasteiger charge is 2.15. The minimum Gasteiger partial charge on any atom is -0.385 e. The summed E-state index contributed by atoms with van der Waals surface area (Å²) in [4.78, 5) is 11.1. The Hall–Kier alpha value is -0.660. The van der Waals surface area contributed by atoms with Gasteiger partial charge in [0.2, 0.25) is 5.91 Å². The summed E-state index contributed by atoms with van der Waals surface area (Å²) >= 11 is 0. The molecule has 1 amide bonds. The number of carbonyl (C=O) groups is 1. The zero-order valence-corrected chi connectivity index (χ0v) is 9.68. The molecule has 90 valence electrons. The summed E-state index contributed by atoms with van der Waals surface area (Å²) in [5.41, 5.74) is 5.16. The van der Waals surface area contributed by atoms with Gasteiger partial charge < -0.3 is 15.8 Å². The summed E-state index contributed by atoms with van der Waals surface area (Å²) in [6.07, 6.45) is 0.406. The van der Waals surface area contributed by atoms with Crippen LogP contribution in [0.1, 0.15) is 6.42 Å². The molecule has 0 aromatic carbocycles. The fraction of sp³-hybridized carbons (Fsp3) is 0.875. The Morgan fingerprint density at radius 3 is 2.67 bits per heavy atom. The van der Waals surface area contributed by atoms with Gasteiger partial charge in [0.05, 0.1) is 5.75 Å². The Morgan fingerprint density at radius 1 is 1.47 bits per heavy atom. The Bertz CT molecular complexity index is 276. The molecular weight excluding hydrogens is 220 g/mol. The second-order valence-corrected chi connectivity index (χ2v) is 5.26. The molecule has 0 aliphatic heterocycles. The third kappa shape index (κ3) is 8.34. The second kappa shape index (κ2) is 7.61. The number of amides is 1. The van der Waals surface area contributed by atoms with Crippen molar-refractivity contribution in [3.63, 3.8) is 0 Å². The monoisotopic (exact) mass is 238 g/mol. The second-order valence-electron chi connectivity index (χ2n) is 3.08. The van der Waals surface area contributed by atoms with Crippen LogP contribution in [-0.4, -0.2) is 52.6 Å². The van der Waals surface area contributed by atoms with Gasteiger partial charge >= 0.3 is 0 Å². The zero-order valence-electron chi connectivity index (χ0n) is 8.86. The van der Waals surface area contributed by atoms with Crippen LogP contribution in [0.4, 0.5) is 0 Å². The molecule has 0 heterocycles. The standard InChI is InChI=1S/C8H18N2O4S/c1-14-5-2-6-15(12,13)7-8(11)10-4-3-9/h2-7,9H2,1H3,(H,10,11). The van der Waals surface area contributed by atoms with Crippen LogP contribution in [0.5, 0.6) is 0 Å². The molecule has 0 atom stereocenters. The summed E-state index contributed by atoms with van der Waals surface area (Å²) in [7, 11) is -1.82. The molecule has 0 aromatic rings. The number of hydrogen-bond donors (Lipinski definition) is 2. The van der Waals surface area contributed by atoms with E-state index in [-0.39, 0.29) is 5.75 Å². The molecule has 0 aliphatic rings. The number of nitrogens with two attached hydrogens (primary N) is 1. The SMILES string of the molecule is COCCCS(=O)(=O)CC(=O)NCCN. The third-order valence-corrected chi connectivity index (χ3v) is 3.23. The fourth-order valence-electron chi connectivity index (χ4n) is 0.958. The molecule has 0 bridgehead atoms. The van der Waals surface area contributed by atoms with Gasteiger partial charge in [-0.15, -0.1) is 0 Å². The lowest BCUT2D eigenvalue weighted by atomic mass is 10.5. The Labute approximate surface area is 90.1 Å². The fourth-order valence-corrected chi connectivity index (χ4v) is 2.16. The summed E-state index contributed by atoms with van der Waals surface area (Å²) in [6, 6.07) is 0. The van der Waals surface area contributed by atoms with E-state index >= 15 is 0 Å². The largest absolute Gasteiger partial charge is 0.385 e. The molecule has 0 radical (unpaired) electrons. The number of carbonyl (C=O) groups excluding carboxylic acids is 1. The van der Waals surface area contributed by atoms with Crippen molar-refractivity contribution in [1.82, 2.24) is 5.32 Å². The molecule has 6 nitrogen and oxygen atoms in total. The first-order valence-electron chi connectivity index (χ1n) is 4.68. The van der Waals surface area contributed by atoms with Crippen molar-refractivity contribution in [2.45, 2.75) is 6.42 Å². The third-order valence-electron chi connectivity index (χ3n) is 1.62. The zero-order chi connectivity index (χ0) is 11.7. The van der Waals surface area contributed by atoms with E-state index in [9.17, 15) is 13.2 Å². The van der Waals surface area contributed by atoms with Gasteiger partial charge in [-0.25, -0.2) is 8.42 Å². The van der Waals surface area contributed by atoms with E-state index in [4.69, 9.17) is 10.5 Å². The lowest BCUT2D eigenvalue weighted by molar-refractivity contribution is -0.118. The first kappa shape index (κ1) is 14.3. The maximum atomic E-state index is 11.3. The van der Waals surface area contributed by atoms with Crippen LogP contribution < -0.4 is 11.1 Å². The quantitative estimate of drug-likeness (QED) is 0.502. The van der Waals surface area contributed by atoms with Gasteiger partial charge in [0, 0.05) is 26.8 Å². The van der Waals surface area contributed by atoms with Crippen molar-refractivity contribution >= 4 is 15.7 Å². The molecule has 0 fully saturated rings. The van der Waals surface area contributed by atoms with Crippen LogP contribution in [0.25, 0.3) is 0 Å². The van der Waals surface area contributed by atoms with Gasteiger partial charge in [0.15, 0.2) is 9.84 Å².